The molecule has 0 spiro atoms. The van der Waals surface area contributed by atoms with E-state index in [4.69, 9.17) is 5.73 Å². The molecule has 5 rings (SSSR count). The summed E-state index contributed by atoms with van der Waals surface area (Å²) in [6.45, 7) is 3.90. The second kappa shape index (κ2) is 8.29. The third-order valence-corrected chi connectivity index (χ3v) is 6.28. The molecule has 3 N–H and O–H groups in total. The Morgan fingerprint density at radius 1 is 0.886 bits per heavy atom. The summed E-state index contributed by atoms with van der Waals surface area (Å²) < 4.78 is 3.83. The number of primary amides is 1. The molecule has 0 aliphatic carbocycles. The second-order valence-electron chi connectivity index (χ2n) is 8.69. The maximum atomic E-state index is 11.7. The van der Waals surface area contributed by atoms with Crippen molar-refractivity contribution >= 4 is 22.8 Å². The van der Waals surface area contributed by atoms with Gasteiger partial charge in [-0.3, -0.25) is 9.48 Å². The number of carbonyl (C=O) groups is 2. The zero-order valence-corrected chi connectivity index (χ0v) is 19.6. The zero-order valence-electron chi connectivity index (χ0n) is 19.6. The van der Waals surface area contributed by atoms with Gasteiger partial charge in [-0.05, 0) is 66.9 Å². The standard InChI is InChI=1S/C28H24N4O3/c1-16-12-21(27(29)33)10-11-24(16)32-25(13-20-8-9-22(28(34)35)14-26(20)32)19-6-4-18(5-7-19)23-15-31(3)30-17(23)2/h4-15H,1-3H3,(H2,29,33)(H,34,35). The van der Waals surface area contributed by atoms with Crippen molar-refractivity contribution in [3.63, 3.8) is 0 Å². The molecule has 2 heterocycles. The smallest absolute Gasteiger partial charge is 0.335 e. The topological polar surface area (TPSA) is 103 Å². The number of carboxylic acids is 1. The highest BCUT2D eigenvalue weighted by molar-refractivity contribution is 5.97. The molecular weight excluding hydrogens is 440 g/mol. The van der Waals surface area contributed by atoms with Gasteiger partial charge in [0.25, 0.3) is 0 Å². The minimum atomic E-state index is -0.988. The highest BCUT2D eigenvalue weighted by Gasteiger charge is 2.17. The molecule has 174 valence electrons. The number of carboxylic acid groups (broad SMARTS) is 1. The molecule has 7 heteroatoms. The van der Waals surface area contributed by atoms with Crippen LogP contribution >= 0.6 is 0 Å². The number of amides is 1. The first-order valence-corrected chi connectivity index (χ1v) is 11.1. The molecular formula is C28H24N4O3. The number of benzene rings is 3. The number of nitrogens with two attached hydrogens (primary N) is 1. The lowest BCUT2D eigenvalue weighted by Crippen LogP contribution is -2.11. The van der Waals surface area contributed by atoms with E-state index in [2.05, 4.69) is 29.4 Å². The Kier molecular flexibility index (Phi) is 5.25. The van der Waals surface area contributed by atoms with E-state index in [1.807, 2.05) is 49.9 Å². The zero-order chi connectivity index (χ0) is 24.9. The van der Waals surface area contributed by atoms with Gasteiger partial charge in [-0.25, -0.2) is 4.79 Å². The summed E-state index contributed by atoms with van der Waals surface area (Å²) in [5.74, 6) is -1.48. The second-order valence-corrected chi connectivity index (χ2v) is 8.69. The number of aryl methyl sites for hydroxylation is 3. The Bertz CT molecular complexity index is 1620. The van der Waals surface area contributed by atoms with Crippen molar-refractivity contribution in [3.05, 3.63) is 95.3 Å². The summed E-state index contributed by atoms with van der Waals surface area (Å²) in [6.07, 6.45) is 2.00. The fourth-order valence-corrected chi connectivity index (χ4v) is 4.57. The van der Waals surface area contributed by atoms with Gasteiger partial charge in [-0.1, -0.05) is 30.3 Å². The number of carbonyl (C=O) groups excluding carboxylic acids is 1. The SMILES string of the molecule is Cc1cc(C(N)=O)ccc1-n1c(-c2ccc(-c3cn(C)nc3C)cc2)cc2ccc(C(=O)O)cc21. The highest BCUT2D eigenvalue weighted by Crippen LogP contribution is 2.35. The Morgan fingerprint density at radius 3 is 2.17 bits per heavy atom. The van der Waals surface area contributed by atoms with Gasteiger partial charge in [-0.15, -0.1) is 0 Å². The highest BCUT2D eigenvalue weighted by atomic mass is 16.4. The molecule has 5 aromatic rings. The van der Waals surface area contributed by atoms with Crippen LogP contribution in [0.5, 0.6) is 0 Å². The largest absolute Gasteiger partial charge is 0.478 e. The minimum Gasteiger partial charge on any atom is -0.478 e. The van der Waals surface area contributed by atoms with Crippen LogP contribution in [0.2, 0.25) is 0 Å². The van der Waals surface area contributed by atoms with E-state index in [0.717, 1.165) is 50.2 Å². The maximum absolute atomic E-state index is 11.7. The van der Waals surface area contributed by atoms with Crippen molar-refractivity contribution in [1.29, 1.82) is 0 Å². The minimum absolute atomic E-state index is 0.206. The lowest BCUT2D eigenvalue weighted by molar-refractivity contribution is 0.0696. The van der Waals surface area contributed by atoms with Crippen molar-refractivity contribution in [2.45, 2.75) is 13.8 Å². The van der Waals surface area contributed by atoms with E-state index < -0.39 is 11.9 Å². The number of nitrogens with zero attached hydrogens (tertiary/aromatic N) is 3. The van der Waals surface area contributed by atoms with Crippen molar-refractivity contribution < 1.29 is 14.7 Å². The molecule has 0 radical (unpaired) electrons. The van der Waals surface area contributed by atoms with Crippen LogP contribution in [0.25, 0.3) is 39.0 Å². The summed E-state index contributed by atoms with van der Waals surface area (Å²) in [6, 6.07) is 20.7. The number of aromatic carboxylic acids is 1. The molecule has 0 bridgehead atoms. The summed E-state index contributed by atoms with van der Waals surface area (Å²) in [5, 5.41) is 14.9. The summed E-state index contributed by atoms with van der Waals surface area (Å²) in [4.78, 5) is 23.4. The molecule has 0 aliphatic heterocycles. The van der Waals surface area contributed by atoms with E-state index in [1.165, 1.54) is 0 Å². The molecule has 0 saturated carbocycles. The quantitative estimate of drug-likeness (QED) is 0.377. The fourth-order valence-electron chi connectivity index (χ4n) is 4.57. The normalized spacial score (nSPS) is 11.2. The number of hydrogen-bond acceptors (Lipinski definition) is 3. The Hall–Kier alpha value is -4.65. The molecule has 0 fully saturated rings. The number of hydrogen-bond donors (Lipinski definition) is 2. The molecule has 7 nitrogen and oxygen atoms in total. The van der Waals surface area contributed by atoms with Gasteiger partial charge < -0.3 is 15.4 Å². The fraction of sp³-hybridized carbons (Fsp3) is 0.107. The molecule has 0 aliphatic rings. The number of aromatic nitrogens is 3. The van der Waals surface area contributed by atoms with Gasteiger partial charge in [0.05, 0.1) is 22.5 Å². The Morgan fingerprint density at radius 2 is 1.57 bits per heavy atom. The van der Waals surface area contributed by atoms with Gasteiger partial charge in [0.1, 0.15) is 0 Å². The maximum Gasteiger partial charge on any atom is 0.335 e. The molecule has 1 amide bonds. The Labute approximate surface area is 202 Å². The van der Waals surface area contributed by atoms with Crippen molar-refractivity contribution in [1.82, 2.24) is 14.3 Å². The van der Waals surface area contributed by atoms with Gasteiger partial charge in [-0.2, -0.15) is 5.10 Å². The van der Waals surface area contributed by atoms with Gasteiger partial charge in [0, 0.05) is 35.4 Å². The van der Waals surface area contributed by atoms with Gasteiger partial charge >= 0.3 is 5.97 Å². The third kappa shape index (κ3) is 3.87. The van der Waals surface area contributed by atoms with E-state index in [1.54, 1.807) is 28.9 Å². The van der Waals surface area contributed by atoms with Gasteiger partial charge in [0.2, 0.25) is 5.91 Å². The van der Waals surface area contributed by atoms with Crippen molar-refractivity contribution in [2.24, 2.45) is 12.8 Å². The van der Waals surface area contributed by atoms with E-state index in [9.17, 15) is 14.7 Å². The number of rotatable bonds is 5. The van der Waals surface area contributed by atoms with Crippen LogP contribution in [0.3, 0.4) is 0 Å². The lowest BCUT2D eigenvalue weighted by atomic mass is 10.0. The molecule has 35 heavy (non-hydrogen) atoms. The molecule has 0 unspecified atom stereocenters. The molecule has 0 atom stereocenters. The summed E-state index contributed by atoms with van der Waals surface area (Å²) in [7, 11) is 1.90. The van der Waals surface area contributed by atoms with Crippen LogP contribution in [0.4, 0.5) is 0 Å². The number of fused-ring (bicyclic) bond motifs is 1. The first kappa shape index (κ1) is 22.2. The van der Waals surface area contributed by atoms with Crippen molar-refractivity contribution in [2.75, 3.05) is 0 Å². The van der Waals surface area contributed by atoms with E-state index >= 15 is 0 Å². The predicted molar refractivity (Wildman–Crippen MR) is 136 cm³/mol. The average molecular weight is 465 g/mol. The molecule has 0 saturated heterocycles. The van der Waals surface area contributed by atoms with Crippen LogP contribution in [-0.2, 0) is 7.05 Å². The average Bonchev–Trinajstić information content (AvgIpc) is 3.37. The van der Waals surface area contributed by atoms with Gasteiger partial charge in [0.15, 0.2) is 0 Å². The monoisotopic (exact) mass is 464 g/mol. The molecule has 3 aromatic carbocycles. The molecule has 2 aromatic heterocycles. The van der Waals surface area contributed by atoms with Crippen molar-refractivity contribution in [3.8, 4) is 28.1 Å². The Balaban J connectivity index is 1.72. The lowest BCUT2D eigenvalue weighted by Gasteiger charge is -2.15. The van der Waals surface area contributed by atoms with Crippen LogP contribution in [0.15, 0.2) is 72.9 Å². The van der Waals surface area contributed by atoms with E-state index in [0.29, 0.717) is 5.56 Å². The van der Waals surface area contributed by atoms with Crippen LogP contribution < -0.4 is 5.73 Å². The van der Waals surface area contributed by atoms with Crippen LogP contribution in [0.1, 0.15) is 32.0 Å². The third-order valence-electron chi connectivity index (χ3n) is 6.28. The first-order chi connectivity index (χ1) is 16.7. The summed E-state index contributed by atoms with van der Waals surface area (Å²) >= 11 is 0. The van der Waals surface area contributed by atoms with Crippen LogP contribution in [-0.4, -0.2) is 31.3 Å². The predicted octanol–water partition coefficient (Wildman–Crippen LogP) is 5.11. The van der Waals surface area contributed by atoms with Crippen LogP contribution in [0, 0.1) is 13.8 Å². The summed E-state index contributed by atoms with van der Waals surface area (Å²) in [5.41, 5.74) is 13.5. The van der Waals surface area contributed by atoms with E-state index in [-0.39, 0.29) is 5.56 Å². The first-order valence-electron chi connectivity index (χ1n) is 11.1.